The number of aliphatic carboxylic acids is 1. The molecule has 2 fully saturated rings. The topological polar surface area (TPSA) is 84.9 Å². The lowest BCUT2D eigenvalue weighted by atomic mass is 9.81. The maximum Gasteiger partial charge on any atom is 0.306 e. The first-order chi connectivity index (χ1) is 12.5. The largest absolute Gasteiger partial charge is 0.490 e. The van der Waals surface area contributed by atoms with Gasteiger partial charge in [0.2, 0.25) is 5.91 Å². The van der Waals surface area contributed by atoms with Crippen molar-refractivity contribution in [3.63, 3.8) is 0 Å². The molecule has 0 aromatic heterocycles. The molecular weight excluding hydrogens is 334 g/mol. The van der Waals surface area contributed by atoms with E-state index in [1.54, 1.807) is 0 Å². The first-order valence-corrected chi connectivity index (χ1v) is 9.41. The van der Waals surface area contributed by atoms with Gasteiger partial charge in [-0.25, -0.2) is 0 Å². The zero-order valence-electron chi connectivity index (χ0n) is 15.2. The number of benzene rings is 1. The van der Waals surface area contributed by atoms with Crippen molar-refractivity contribution in [3.05, 3.63) is 23.8 Å². The molecule has 1 aromatic carbocycles. The van der Waals surface area contributed by atoms with E-state index in [-0.39, 0.29) is 23.8 Å². The Balaban J connectivity index is 1.54. The molecule has 1 aliphatic heterocycles. The Bertz CT molecular complexity index is 646. The normalized spacial score (nSPS) is 24.0. The van der Waals surface area contributed by atoms with E-state index in [4.69, 9.17) is 14.6 Å². The molecule has 3 rings (SSSR count). The van der Waals surface area contributed by atoms with Crippen LogP contribution in [0.25, 0.3) is 0 Å². The summed E-state index contributed by atoms with van der Waals surface area (Å²) in [7, 11) is 0. The summed E-state index contributed by atoms with van der Waals surface area (Å²) in [5.41, 5.74) is 1.75. The fourth-order valence-electron chi connectivity index (χ4n) is 3.68. The molecule has 6 heteroatoms. The maximum atomic E-state index is 12.5. The minimum atomic E-state index is -0.750. The minimum absolute atomic E-state index is 0.0219. The molecule has 1 saturated carbocycles. The molecular formula is C20H27NO5. The van der Waals surface area contributed by atoms with Crippen LogP contribution in [-0.4, -0.2) is 36.3 Å². The summed E-state index contributed by atoms with van der Waals surface area (Å²) >= 11 is 0. The first-order valence-electron chi connectivity index (χ1n) is 9.41. The lowest BCUT2D eigenvalue weighted by Gasteiger charge is -2.26. The summed E-state index contributed by atoms with van der Waals surface area (Å²) < 4.78 is 11.4. The number of carbonyl (C=O) groups is 2. The van der Waals surface area contributed by atoms with Gasteiger partial charge >= 0.3 is 5.97 Å². The van der Waals surface area contributed by atoms with Crippen molar-refractivity contribution >= 4 is 17.6 Å². The number of carboxylic acid groups (broad SMARTS) is 1. The van der Waals surface area contributed by atoms with Crippen molar-refractivity contribution in [1.29, 1.82) is 0 Å². The van der Waals surface area contributed by atoms with Gasteiger partial charge in [-0.3, -0.25) is 9.59 Å². The SMILES string of the molecule is Cc1cc(NC(=O)C2CCC(C(=O)O)CC2)ccc1OC1CCOCC1. The van der Waals surface area contributed by atoms with Crippen LogP contribution in [0.5, 0.6) is 5.75 Å². The molecule has 26 heavy (non-hydrogen) atoms. The average molecular weight is 361 g/mol. The Morgan fingerprint density at radius 2 is 1.73 bits per heavy atom. The maximum absolute atomic E-state index is 12.5. The summed E-state index contributed by atoms with van der Waals surface area (Å²) in [4.78, 5) is 23.5. The van der Waals surface area contributed by atoms with Crippen molar-refractivity contribution in [2.45, 2.75) is 51.6 Å². The standard InChI is InChI=1S/C20H27NO5/c1-13-12-16(6-7-18(13)26-17-8-10-25-11-9-17)21-19(22)14-2-4-15(5-3-14)20(23)24/h6-7,12,14-15,17H,2-5,8-11H2,1H3,(H,21,22)(H,23,24). The molecule has 2 aliphatic rings. The lowest BCUT2D eigenvalue weighted by molar-refractivity contribution is -0.143. The Morgan fingerprint density at radius 3 is 2.35 bits per heavy atom. The summed E-state index contributed by atoms with van der Waals surface area (Å²) in [6.07, 6.45) is 4.40. The summed E-state index contributed by atoms with van der Waals surface area (Å²) in [5, 5.41) is 12.0. The number of amides is 1. The fourth-order valence-corrected chi connectivity index (χ4v) is 3.68. The van der Waals surface area contributed by atoms with Gasteiger partial charge in [0.15, 0.2) is 0 Å². The lowest BCUT2D eigenvalue weighted by Crippen LogP contribution is -2.29. The Hall–Kier alpha value is -2.08. The van der Waals surface area contributed by atoms with Crippen molar-refractivity contribution in [2.75, 3.05) is 18.5 Å². The third-order valence-electron chi connectivity index (χ3n) is 5.35. The van der Waals surface area contributed by atoms with E-state index in [1.165, 1.54) is 0 Å². The van der Waals surface area contributed by atoms with Crippen LogP contribution in [0.2, 0.25) is 0 Å². The Kier molecular flexibility index (Phi) is 6.14. The van der Waals surface area contributed by atoms with Gasteiger partial charge in [0.05, 0.1) is 19.1 Å². The third kappa shape index (κ3) is 4.75. The first kappa shape index (κ1) is 18.7. The molecule has 6 nitrogen and oxygen atoms in total. The van der Waals surface area contributed by atoms with E-state index in [2.05, 4.69) is 5.32 Å². The summed E-state index contributed by atoms with van der Waals surface area (Å²) in [6.45, 7) is 3.45. The van der Waals surface area contributed by atoms with Crippen molar-refractivity contribution in [2.24, 2.45) is 11.8 Å². The zero-order valence-corrected chi connectivity index (χ0v) is 15.2. The van der Waals surface area contributed by atoms with E-state index < -0.39 is 5.97 Å². The molecule has 0 unspecified atom stereocenters. The number of hydrogen-bond acceptors (Lipinski definition) is 4. The summed E-state index contributed by atoms with van der Waals surface area (Å²) in [6, 6.07) is 5.69. The molecule has 1 amide bonds. The number of hydrogen-bond donors (Lipinski definition) is 2. The van der Waals surface area contributed by atoms with Crippen LogP contribution in [0.15, 0.2) is 18.2 Å². The van der Waals surface area contributed by atoms with E-state index in [9.17, 15) is 9.59 Å². The van der Waals surface area contributed by atoms with Crippen LogP contribution in [0.3, 0.4) is 0 Å². The third-order valence-corrected chi connectivity index (χ3v) is 5.35. The molecule has 1 aromatic rings. The van der Waals surface area contributed by atoms with Gasteiger partial charge in [0.1, 0.15) is 11.9 Å². The number of carbonyl (C=O) groups excluding carboxylic acids is 1. The van der Waals surface area contributed by atoms with Gasteiger partial charge in [-0.2, -0.15) is 0 Å². The molecule has 0 bridgehead atoms. The highest BCUT2D eigenvalue weighted by molar-refractivity contribution is 5.92. The van der Waals surface area contributed by atoms with Gasteiger partial charge in [0, 0.05) is 24.4 Å². The van der Waals surface area contributed by atoms with Crippen LogP contribution in [0, 0.1) is 18.8 Å². The molecule has 2 N–H and O–H groups in total. The predicted octanol–water partition coefficient (Wildman–Crippen LogP) is 3.38. The number of anilines is 1. The van der Waals surface area contributed by atoms with Crippen molar-refractivity contribution < 1.29 is 24.2 Å². The molecule has 142 valence electrons. The smallest absolute Gasteiger partial charge is 0.306 e. The van der Waals surface area contributed by atoms with E-state index in [1.807, 2.05) is 25.1 Å². The highest BCUT2D eigenvalue weighted by Gasteiger charge is 2.29. The monoisotopic (exact) mass is 361 g/mol. The number of nitrogens with one attached hydrogen (secondary N) is 1. The molecule has 0 radical (unpaired) electrons. The number of rotatable bonds is 5. The van der Waals surface area contributed by atoms with Crippen LogP contribution in [0.4, 0.5) is 5.69 Å². The zero-order chi connectivity index (χ0) is 18.5. The van der Waals surface area contributed by atoms with Crippen LogP contribution >= 0.6 is 0 Å². The quantitative estimate of drug-likeness (QED) is 0.840. The summed E-state index contributed by atoms with van der Waals surface area (Å²) in [5.74, 6) is -0.338. The molecule has 1 aliphatic carbocycles. The van der Waals surface area contributed by atoms with Gasteiger partial charge in [0.25, 0.3) is 0 Å². The minimum Gasteiger partial charge on any atom is -0.490 e. The van der Waals surface area contributed by atoms with Gasteiger partial charge in [-0.15, -0.1) is 0 Å². The second kappa shape index (κ2) is 8.54. The van der Waals surface area contributed by atoms with Crippen LogP contribution < -0.4 is 10.1 Å². The Labute approximate surface area is 153 Å². The molecule has 1 heterocycles. The highest BCUT2D eigenvalue weighted by atomic mass is 16.5. The predicted molar refractivity (Wildman–Crippen MR) is 97.4 cm³/mol. The van der Waals surface area contributed by atoms with Crippen molar-refractivity contribution in [1.82, 2.24) is 0 Å². The number of carboxylic acids is 1. The van der Waals surface area contributed by atoms with Gasteiger partial charge in [-0.05, 0) is 56.4 Å². The fraction of sp³-hybridized carbons (Fsp3) is 0.600. The van der Waals surface area contributed by atoms with Crippen LogP contribution in [-0.2, 0) is 14.3 Å². The molecule has 0 spiro atoms. The molecule has 1 saturated heterocycles. The Morgan fingerprint density at radius 1 is 1.08 bits per heavy atom. The average Bonchev–Trinajstić information content (AvgIpc) is 2.65. The number of aryl methyl sites for hydroxylation is 1. The van der Waals surface area contributed by atoms with E-state index in [0.717, 1.165) is 43.1 Å². The van der Waals surface area contributed by atoms with E-state index in [0.29, 0.717) is 25.7 Å². The second-order valence-electron chi connectivity index (χ2n) is 7.29. The van der Waals surface area contributed by atoms with E-state index >= 15 is 0 Å². The molecule has 0 atom stereocenters. The van der Waals surface area contributed by atoms with Gasteiger partial charge < -0.3 is 19.9 Å². The highest BCUT2D eigenvalue weighted by Crippen LogP contribution is 2.30. The number of ether oxygens (including phenoxy) is 2. The van der Waals surface area contributed by atoms with Gasteiger partial charge in [-0.1, -0.05) is 0 Å². The van der Waals surface area contributed by atoms with Crippen molar-refractivity contribution in [3.8, 4) is 5.75 Å². The van der Waals surface area contributed by atoms with Crippen LogP contribution in [0.1, 0.15) is 44.1 Å². The second-order valence-corrected chi connectivity index (χ2v) is 7.29.